The fraction of sp³-hybridized carbons (Fsp3) is 0.286. The summed E-state index contributed by atoms with van der Waals surface area (Å²) in [6, 6.07) is 4.94. The number of amides is 1. The van der Waals surface area contributed by atoms with Crippen LogP contribution in [0.2, 0.25) is 10.0 Å². The molecule has 1 amide bonds. The van der Waals surface area contributed by atoms with Gasteiger partial charge in [-0.2, -0.15) is 0 Å². The van der Waals surface area contributed by atoms with Crippen LogP contribution in [0.3, 0.4) is 0 Å². The Bertz CT molecular complexity index is 1300. The number of likely N-dealkylation sites (tertiary alicyclic amines) is 1. The van der Waals surface area contributed by atoms with Gasteiger partial charge in [-0.25, -0.2) is 18.2 Å². The predicted octanol–water partition coefficient (Wildman–Crippen LogP) is 4.03. The van der Waals surface area contributed by atoms with Crippen LogP contribution in [0.15, 0.2) is 35.4 Å². The Morgan fingerprint density at radius 3 is 2.72 bits per heavy atom. The third-order valence-electron chi connectivity index (χ3n) is 5.62. The zero-order valence-electron chi connectivity index (χ0n) is 16.8. The summed E-state index contributed by atoms with van der Waals surface area (Å²) < 4.78 is 44.0. The molecule has 0 saturated carbocycles. The van der Waals surface area contributed by atoms with Crippen molar-refractivity contribution in [2.45, 2.75) is 12.0 Å². The van der Waals surface area contributed by atoms with Crippen LogP contribution in [0.1, 0.15) is 12.0 Å². The first-order valence-corrected chi connectivity index (χ1v) is 10.3. The second-order valence-corrected chi connectivity index (χ2v) is 8.42. The standard InChI is InChI=1S/C21H17Cl2F3N4O2/c1-29-10-27-19-12(20(29)32)6-11(7-15(19)26)28-21(4-5-30(9-21)16(31)8-24)17-14(25)3-2-13(22)18(17)23/h2-3,6-7,10,28H,4-5,8-9H2,1H3. The van der Waals surface area contributed by atoms with E-state index in [0.717, 1.165) is 12.1 Å². The van der Waals surface area contributed by atoms with Crippen molar-refractivity contribution in [2.75, 3.05) is 25.1 Å². The van der Waals surface area contributed by atoms with Gasteiger partial charge in [-0.15, -0.1) is 0 Å². The van der Waals surface area contributed by atoms with E-state index in [1.54, 1.807) is 0 Å². The molecule has 0 radical (unpaired) electrons. The van der Waals surface area contributed by atoms with Crippen LogP contribution in [0.5, 0.6) is 0 Å². The molecule has 1 unspecified atom stereocenters. The molecule has 1 aliphatic rings. The molecule has 1 fully saturated rings. The maximum Gasteiger partial charge on any atom is 0.261 e. The van der Waals surface area contributed by atoms with Crippen LogP contribution in [0, 0.1) is 11.6 Å². The number of alkyl halides is 1. The first kappa shape index (κ1) is 22.4. The summed E-state index contributed by atoms with van der Waals surface area (Å²) >= 11 is 12.5. The minimum atomic E-state index is -1.34. The zero-order chi connectivity index (χ0) is 23.2. The lowest BCUT2D eigenvalue weighted by Crippen LogP contribution is -2.41. The summed E-state index contributed by atoms with van der Waals surface area (Å²) in [6.07, 6.45) is 1.35. The first-order valence-electron chi connectivity index (χ1n) is 9.57. The van der Waals surface area contributed by atoms with Gasteiger partial charge in [-0.3, -0.25) is 9.59 Å². The topological polar surface area (TPSA) is 67.2 Å². The number of carbonyl (C=O) groups excluding carboxylic acids is 1. The smallest absolute Gasteiger partial charge is 0.261 e. The zero-order valence-corrected chi connectivity index (χ0v) is 18.3. The lowest BCUT2D eigenvalue weighted by molar-refractivity contribution is -0.131. The summed E-state index contributed by atoms with van der Waals surface area (Å²) in [5, 5.41) is 3.08. The Kier molecular flexibility index (Phi) is 5.81. The van der Waals surface area contributed by atoms with Crippen LogP contribution < -0.4 is 10.9 Å². The molecule has 2 aromatic carbocycles. The molecule has 32 heavy (non-hydrogen) atoms. The number of rotatable bonds is 4. The minimum Gasteiger partial charge on any atom is -0.373 e. The molecular weight excluding hydrogens is 468 g/mol. The lowest BCUT2D eigenvalue weighted by Gasteiger charge is -2.33. The van der Waals surface area contributed by atoms with Gasteiger partial charge in [-0.1, -0.05) is 23.2 Å². The maximum atomic E-state index is 15.0. The molecule has 0 spiro atoms. The Balaban J connectivity index is 1.88. The number of hydrogen-bond acceptors (Lipinski definition) is 4. The van der Waals surface area contributed by atoms with E-state index in [2.05, 4.69) is 10.3 Å². The first-order chi connectivity index (χ1) is 15.2. The largest absolute Gasteiger partial charge is 0.373 e. The number of hydrogen-bond donors (Lipinski definition) is 1. The maximum absolute atomic E-state index is 15.0. The highest BCUT2D eigenvalue weighted by Crippen LogP contribution is 2.43. The number of fused-ring (bicyclic) bond motifs is 1. The quantitative estimate of drug-likeness (QED) is 0.567. The number of halogens is 5. The molecule has 1 saturated heterocycles. The van der Waals surface area contributed by atoms with Crippen molar-refractivity contribution in [3.8, 4) is 0 Å². The number of anilines is 1. The van der Waals surface area contributed by atoms with Crippen LogP contribution >= 0.6 is 23.2 Å². The molecule has 6 nitrogen and oxygen atoms in total. The molecule has 1 N–H and O–H groups in total. The molecule has 1 atom stereocenters. The molecule has 1 aromatic heterocycles. The third kappa shape index (κ3) is 3.69. The minimum absolute atomic E-state index is 0.0139. The fourth-order valence-corrected chi connectivity index (χ4v) is 4.56. The molecule has 0 aliphatic carbocycles. The normalized spacial score (nSPS) is 18.4. The van der Waals surface area contributed by atoms with Gasteiger partial charge in [0.1, 0.15) is 11.3 Å². The molecule has 168 valence electrons. The van der Waals surface area contributed by atoms with Crippen molar-refractivity contribution in [2.24, 2.45) is 7.05 Å². The summed E-state index contributed by atoms with van der Waals surface area (Å²) in [4.78, 5) is 29.6. The van der Waals surface area contributed by atoms with Crippen LogP contribution in [0.25, 0.3) is 10.9 Å². The highest BCUT2D eigenvalue weighted by atomic mass is 35.5. The van der Waals surface area contributed by atoms with Crippen molar-refractivity contribution in [1.29, 1.82) is 0 Å². The molecule has 2 heterocycles. The van der Waals surface area contributed by atoms with Crippen LogP contribution in [-0.4, -0.2) is 40.1 Å². The Labute approximate surface area is 190 Å². The molecule has 0 bridgehead atoms. The average molecular weight is 485 g/mol. The van der Waals surface area contributed by atoms with Crippen molar-refractivity contribution < 1.29 is 18.0 Å². The Morgan fingerprint density at radius 1 is 1.25 bits per heavy atom. The van der Waals surface area contributed by atoms with Gasteiger partial charge in [0.25, 0.3) is 11.5 Å². The van der Waals surface area contributed by atoms with Crippen molar-refractivity contribution in [1.82, 2.24) is 14.5 Å². The van der Waals surface area contributed by atoms with E-state index in [-0.39, 0.29) is 51.7 Å². The Hall–Kier alpha value is -2.78. The molecule has 11 heteroatoms. The van der Waals surface area contributed by atoms with E-state index < -0.39 is 35.3 Å². The lowest BCUT2D eigenvalue weighted by atomic mass is 9.87. The van der Waals surface area contributed by atoms with E-state index in [9.17, 15) is 22.8 Å². The van der Waals surface area contributed by atoms with Crippen molar-refractivity contribution in [3.63, 3.8) is 0 Å². The summed E-state index contributed by atoms with van der Waals surface area (Å²) in [5.41, 5.74) is -1.81. The van der Waals surface area contributed by atoms with Gasteiger partial charge in [0, 0.05) is 31.4 Å². The van der Waals surface area contributed by atoms with Crippen LogP contribution in [0.4, 0.5) is 18.9 Å². The van der Waals surface area contributed by atoms with Crippen molar-refractivity contribution >= 4 is 45.7 Å². The van der Waals surface area contributed by atoms with E-state index in [4.69, 9.17) is 23.2 Å². The summed E-state index contributed by atoms with van der Waals surface area (Å²) in [5.74, 6) is -2.22. The molecule has 1 aliphatic heterocycles. The SMILES string of the molecule is Cn1cnc2c(F)cc(NC3(c4c(F)ccc(Cl)c4Cl)CCN(C(=O)CF)C3)cc2c1=O. The van der Waals surface area contributed by atoms with Gasteiger partial charge in [0.15, 0.2) is 12.5 Å². The summed E-state index contributed by atoms with van der Waals surface area (Å²) in [6.45, 7) is -1.25. The van der Waals surface area contributed by atoms with Gasteiger partial charge >= 0.3 is 0 Å². The van der Waals surface area contributed by atoms with Crippen LogP contribution in [-0.2, 0) is 17.4 Å². The molecule has 4 rings (SSSR count). The Morgan fingerprint density at radius 2 is 2.00 bits per heavy atom. The van der Waals surface area contributed by atoms with E-state index in [1.165, 1.54) is 35.0 Å². The number of nitrogens with zero attached hydrogens (tertiary/aromatic N) is 3. The summed E-state index contributed by atoms with van der Waals surface area (Å²) in [7, 11) is 1.48. The van der Waals surface area contributed by atoms with Crippen molar-refractivity contribution in [3.05, 3.63) is 68.2 Å². The van der Waals surface area contributed by atoms with E-state index in [1.807, 2.05) is 0 Å². The van der Waals surface area contributed by atoms with E-state index >= 15 is 0 Å². The molecule has 3 aromatic rings. The number of aromatic nitrogens is 2. The van der Waals surface area contributed by atoms with Gasteiger partial charge < -0.3 is 14.8 Å². The second kappa shape index (κ2) is 8.29. The fourth-order valence-electron chi connectivity index (χ4n) is 4.07. The monoisotopic (exact) mass is 484 g/mol. The third-order valence-corrected chi connectivity index (χ3v) is 6.42. The highest BCUT2D eigenvalue weighted by molar-refractivity contribution is 6.42. The number of nitrogens with one attached hydrogen (secondary N) is 1. The number of aryl methyl sites for hydroxylation is 1. The highest BCUT2D eigenvalue weighted by Gasteiger charge is 2.45. The predicted molar refractivity (Wildman–Crippen MR) is 116 cm³/mol. The average Bonchev–Trinajstić information content (AvgIpc) is 3.18. The van der Waals surface area contributed by atoms with E-state index in [0.29, 0.717) is 0 Å². The van der Waals surface area contributed by atoms with Gasteiger partial charge in [0.05, 0.1) is 27.3 Å². The van der Waals surface area contributed by atoms with Gasteiger partial charge in [-0.05, 0) is 30.7 Å². The van der Waals surface area contributed by atoms with Gasteiger partial charge in [0.2, 0.25) is 0 Å². The number of benzene rings is 2. The number of carbonyl (C=O) groups is 1. The second-order valence-electron chi connectivity index (χ2n) is 7.64. The molecular formula is C21H17Cl2F3N4O2.